The number of hydrogen-bond donors (Lipinski definition) is 2. The summed E-state index contributed by atoms with van der Waals surface area (Å²) in [6.45, 7) is 2.05. The van der Waals surface area contributed by atoms with Crippen LogP contribution in [0.3, 0.4) is 0 Å². The molecule has 10 heavy (non-hydrogen) atoms. The van der Waals surface area contributed by atoms with Crippen molar-refractivity contribution in [3.63, 3.8) is 0 Å². The molecule has 0 aromatic heterocycles. The quantitative estimate of drug-likeness (QED) is 0.639. The molecule has 3 heteroatoms. The van der Waals surface area contributed by atoms with Crippen LogP contribution in [0.5, 0.6) is 0 Å². The summed E-state index contributed by atoms with van der Waals surface area (Å²) in [6.07, 6.45) is 0. The monoisotopic (exact) mass is 154 g/mol. The third kappa shape index (κ3) is 1.93. The highest BCUT2D eigenvalue weighted by Crippen LogP contribution is 2.10. The average Bonchev–Trinajstić information content (AvgIpc) is 1.95. The van der Waals surface area contributed by atoms with Gasteiger partial charge in [0.15, 0.2) is 0 Å². The minimum Gasteiger partial charge on any atom is -0.317 e. The fourth-order valence-corrected chi connectivity index (χ4v) is 0.962. The van der Waals surface area contributed by atoms with E-state index >= 15 is 0 Å². The second-order valence-electron chi connectivity index (χ2n) is 2.09. The van der Waals surface area contributed by atoms with Gasteiger partial charge in [0.2, 0.25) is 0 Å². The molecule has 0 atom stereocenters. The number of rotatable bonds is 2. The Morgan fingerprint density at radius 3 is 2.40 bits per heavy atom. The number of benzene rings is 1. The fraction of sp³-hybridized carbons (Fsp3) is 0.143. The highest BCUT2D eigenvalue weighted by Gasteiger charge is 1.86. The van der Waals surface area contributed by atoms with Crippen LogP contribution in [0.4, 0.5) is 5.69 Å². The largest absolute Gasteiger partial charge is 0.317 e. The fourth-order valence-electron chi connectivity index (χ4n) is 0.690. The van der Waals surface area contributed by atoms with Crippen LogP contribution < -0.4 is 9.86 Å². The van der Waals surface area contributed by atoms with E-state index in [4.69, 9.17) is 5.14 Å². The van der Waals surface area contributed by atoms with Crippen molar-refractivity contribution in [1.82, 2.24) is 0 Å². The van der Waals surface area contributed by atoms with Gasteiger partial charge in [-0.3, -0.25) is 5.14 Å². The number of nitrogens with two attached hydrogens (primary N) is 1. The van der Waals surface area contributed by atoms with Gasteiger partial charge in [-0.1, -0.05) is 17.7 Å². The van der Waals surface area contributed by atoms with Gasteiger partial charge in [0.1, 0.15) is 0 Å². The van der Waals surface area contributed by atoms with E-state index in [1.807, 2.05) is 24.3 Å². The lowest BCUT2D eigenvalue weighted by atomic mass is 10.2. The van der Waals surface area contributed by atoms with Crippen molar-refractivity contribution in [3.8, 4) is 0 Å². The molecule has 0 aliphatic carbocycles. The molecule has 0 amide bonds. The van der Waals surface area contributed by atoms with Crippen LogP contribution in [0.2, 0.25) is 0 Å². The summed E-state index contributed by atoms with van der Waals surface area (Å²) in [5.41, 5.74) is 2.30. The minimum atomic E-state index is 1.04. The van der Waals surface area contributed by atoms with Crippen molar-refractivity contribution in [2.45, 2.75) is 6.92 Å². The highest BCUT2D eigenvalue weighted by molar-refractivity contribution is 7.98. The van der Waals surface area contributed by atoms with Crippen molar-refractivity contribution in [3.05, 3.63) is 29.8 Å². The van der Waals surface area contributed by atoms with Gasteiger partial charge >= 0.3 is 0 Å². The van der Waals surface area contributed by atoms with Crippen molar-refractivity contribution in [2.24, 2.45) is 5.14 Å². The van der Waals surface area contributed by atoms with Crippen molar-refractivity contribution < 1.29 is 0 Å². The zero-order chi connectivity index (χ0) is 7.40. The Hall–Kier alpha value is -0.670. The first-order valence-electron chi connectivity index (χ1n) is 3.01. The van der Waals surface area contributed by atoms with E-state index in [2.05, 4.69) is 11.6 Å². The van der Waals surface area contributed by atoms with E-state index < -0.39 is 0 Å². The highest BCUT2D eigenvalue weighted by atomic mass is 32.2. The number of anilines is 1. The molecule has 0 heterocycles. The zero-order valence-corrected chi connectivity index (χ0v) is 6.61. The van der Waals surface area contributed by atoms with Crippen LogP contribution >= 0.6 is 12.1 Å². The number of nitrogens with one attached hydrogen (secondary N) is 1. The molecule has 0 spiro atoms. The summed E-state index contributed by atoms with van der Waals surface area (Å²) in [6, 6.07) is 8.07. The average molecular weight is 154 g/mol. The molecule has 0 aliphatic rings. The Labute approximate surface area is 65.1 Å². The molecular weight excluding hydrogens is 144 g/mol. The maximum Gasteiger partial charge on any atom is 0.0452 e. The van der Waals surface area contributed by atoms with E-state index in [9.17, 15) is 0 Å². The molecule has 1 rings (SSSR count). The number of hydrogen-bond acceptors (Lipinski definition) is 3. The Morgan fingerprint density at radius 2 is 1.90 bits per heavy atom. The summed E-state index contributed by atoms with van der Waals surface area (Å²) in [4.78, 5) is 0. The smallest absolute Gasteiger partial charge is 0.0452 e. The van der Waals surface area contributed by atoms with Crippen LogP contribution in [0.25, 0.3) is 0 Å². The van der Waals surface area contributed by atoms with Gasteiger partial charge in [-0.05, 0) is 19.1 Å². The zero-order valence-electron chi connectivity index (χ0n) is 5.79. The summed E-state index contributed by atoms with van der Waals surface area (Å²) in [7, 11) is 0. The maximum atomic E-state index is 5.20. The third-order valence-electron chi connectivity index (χ3n) is 1.23. The standard InChI is InChI=1S/C7H10N2S/c1-6-2-4-7(5-3-6)9-10-8/h2-5,9H,8H2,1H3. The molecule has 1 aromatic carbocycles. The summed E-state index contributed by atoms with van der Waals surface area (Å²) in [5.74, 6) is 0. The van der Waals surface area contributed by atoms with Crippen molar-refractivity contribution in [2.75, 3.05) is 4.72 Å². The lowest BCUT2D eigenvalue weighted by molar-refractivity contribution is 1.47. The summed E-state index contributed by atoms with van der Waals surface area (Å²) >= 11 is 1.11. The Balaban J connectivity index is 2.69. The Morgan fingerprint density at radius 1 is 1.30 bits per heavy atom. The van der Waals surface area contributed by atoms with Crippen LogP contribution in [0.15, 0.2) is 24.3 Å². The first kappa shape index (κ1) is 7.44. The van der Waals surface area contributed by atoms with E-state index in [-0.39, 0.29) is 0 Å². The SMILES string of the molecule is Cc1ccc(NSN)cc1. The molecule has 0 fully saturated rings. The molecule has 0 radical (unpaired) electrons. The molecule has 0 bridgehead atoms. The number of aryl methyl sites for hydroxylation is 1. The first-order chi connectivity index (χ1) is 4.83. The normalized spacial score (nSPS) is 9.40. The second kappa shape index (κ2) is 3.49. The third-order valence-corrected chi connectivity index (χ3v) is 1.58. The molecule has 0 unspecified atom stereocenters. The van der Waals surface area contributed by atoms with Gasteiger partial charge < -0.3 is 4.72 Å². The van der Waals surface area contributed by atoms with Crippen molar-refractivity contribution in [1.29, 1.82) is 0 Å². The van der Waals surface area contributed by atoms with E-state index in [1.165, 1.54) is 5.56 Å². The van der Waals surface area contributed by atoms with Crippen molar-refractivity contribution >= 4 is 17.8 Å². The molecule has 0 saturated heterocycles. The van der Waals surface area contributed by atoms with Gasteiger partial charge in [0.05, 0.1) is 0 Å². The van der Waals surface area contributed by atoms with Crippen LogP contribution in [-0.4, -0.2) is 0 Å². The topological polar surface area (TPSA) is 38.0 Å². The second-order valence-corrected chi connectivity index (χ2v) is 2.53. The van der Waals surface area contributed by atoms with Gasteiger partial charge in [-0.25, -0.2) is 0 Å². The maximum absolute atomic E-state index is 5.20. The van der Waals surface area contributed by atoms with E-state index in [1.54, 1.807) is 0 Å². The lowest BCUT2D eigenvalue weighted by Gasteiger charge is -1.99. The van der Waals surface area contributed by atoms with Crippen LogP contribution in [0, 0.1) is 6.92 Å². The summed E-state index contributed by atoms with van der Waals surface area (Å²) < 4.78 is 2.93. The molecule has 54 valence electrons. The lowest BCUT2D eigenvalue weighted by Crippen LogP contribution is -1.90. The molecule has 3 N–H and O–H groups in total. The van der Waals surface area contributed by atoms with Gasteiger partial charge in [-0.15, -0.1) is 0 Å². The van der Waals surface area contributed by atoms with Crippen LogP contribution in [0.1, 0.15) is 5.56 Å². The van der Waals surface area contributed by atoms with Gasteiger partial charge in [0.25, 0.3) is 0 Å². The molecule has 2 nitrogen and oxygen atoms in total. The predicted molar refractivity (Wildman–Crippen MR) is 46.6 cm³/mol. The molecule has 1 aromatic rings. The van der Waals surface area contributed by atoms with Crippen LogP contribution in [-0.2, 0) is 0 Å². The Kier molecular flexibility index (Phi) is 2.59. The molecule has 0 saturated carbocycles. The minimum absolute atomic E-state index is 1.04. The van der Waals surface area contributed by atoms with E-state index in [0.29, 0.717) is 0 Å². The van der Waals surface area contributed by atoms with Gasteiger partial charge in [0, 0.05) is 17.8 Å². The summed E-state index contributed by atoms with van der Waals surface area (Å²) in [5, 5.41) is 5.20. The molecular formula is C7H10N2S. The Bertz CT molecular complexity index is 195. The predicted octanol–water partition coefficient (Wildman–Crippen LogP) is 1.93. The van der Waals surface area contributed by atoms with Gasteiger partial charge in [-0.2, -0.15) is 0 Å². The molecule has 0 aliphatic heterocycles. The first-order valence-corrected chi connectivity index (χ1v) is 3.89. The van der Waals surface area contributed by atoms with E-state index in [0.717, 1.165) is 17.8 Å².